The zero-order chi connectivity index (χ0) is 14.2. The lowest BCUT2D eigenvalue weighted by Crippen LogP contribution is -2.55. The minimum absolute atomic E-state index is 0.170. The van der Waals surface area contributed by atoms with E-state index in [0.717, 1.165) is 10.5 Å². The maximum absolute atomic E-state index is 12.3. The van der Waals surface area contributed by atoms with Gasteiger partial charge in [0.1, 0.15) is 5.75 Å². The molecule has 0 radical (unpaired) electrons. The molecule has 0 unspecified atom stereocenters. The number of carbonyl (C=O) groups excluding carboxylic acids is 2. The van der Waals surface area contributed by atoms with E-state index in [9.17, 15) is 9.59 Å². The summed E-state index contributed by atoms with van der Waals surface area (Å²) in [6, 6.07) is 5.18. The van der Waals surface area contributed by atoms with Crippen LogP contribution in [0.15, 0.2) is 18.2 Å². The SMILES string of the molecule is CC(C)(N)C(=O)N1C(=O)COc2ccc(CN)cc21. The highest BCUT2D eigenvalue weighted by Gasteiger charge is 2.37. The lowest BCUT2D eigenvalue weighted by atomic mass is 10.0. The van der Waals surface area contributed by atoms with Gasteiger partial charge in [0.15, 0.2) is 6.61 Å². The van der Waals surface area contributed by atoms with E-state index in [1.165, 1.54) is 0 Å². The summed E-state index contributed by atoms with van der Waals surface area (Å²) in [5, 5.41) is 0. The van der Waals surface area contributed by atoms with Gasteiger partial charge >= 0.3 is 0 Å². The van der Waals surface area contributed by atoms with E-state index in [2.05, 4.69) is 0 Å². The molecular formula is C13H17N3O3. The Kier molecular flexibility index (Phi) is 3.30. The summed E-state index contributed by atoms with van der Waals surface area (Å²) in [4.78, 5) is 25.3. The Balaban J connectivity index is 2.51. The predicted molar refractivity (Wildman–Crippen MR) is 70.6 cm³/mol. The number of ether oxygens (including phenoxy) is 1. The average molecular weight is 263 g/mol. The van der Waals surface area contributed by atoms with Crippen LogP contribution in [0.4, 0.5) is 5.69 Å². The van der Waals surface area contributed by atoms with Gasteiger partial charge < -0.3 is 16.2 Å². The second-order valence-corrected chi connectivity index (χ2v) is 5.05. The van der Waals surface area contributed by atoms with Gasteiger partial charge in [0, 0.05) is 6.54 Å². The summed E-state index contributed by atoms with van der Waals surface area (Å²) < 4.78 is 5.30. The van der Waals surface area contributed by atoms with Gasteiger partial charge in [0.25, 0.3) is 11.8 Å². The molecule has 2 amide bonds. The Hall–Kier alpha value is -1.92. The largest absolute Gasteiger partial charge is 0.482 e. The maximum Gasteiger partial charge on any atom is 0.271 e. The van der Waals surface area contributed by atoms with Crippen LogP contribution in [0.2, 0.25) is 0 Å². The highest BCUT2D eigenvalue weighted by atomic mass is 16.5. The average Bonchev–Trinajstić information content (AvgIpc) is 2.36. The molecule has 0 fully saturated rings. The zero-order valence-corrected chi connectivity index (χ0v) is 11.0. The van der Waals surface area contributed by atoms with Crippen molar-refractivity contribution in [2.75, 3.05) is 11.5 Å². The zero-order valence-electron chi connectivity index (χ0n) is 11.0. The highest BCUT2D eigenvalue weighted by molar-refractivity contribution is 6.19. The van der Waals surface area contributed by atoms with E-state index in [1.807, 2.05) is 0 Å². The fraction of sp³-hybridized carbons (Fsp3) is 0.385. The third-order valence-corrected chi connectivity index (χ3v) is 2.85. The van der Waals surface area contributed by atoms with E-state index < -0.39 is 17.4 Å². The van der Waals surface area contributed by atoms with E-state index in [1.54, 1.807) is 32.0 Å². The Morgan fingerprint density at radius 1 is 1.47 bits per heavy atom. The molecule has 6 nitrogen and oxygen atoms in total. The van der Waals surface area contributed by atoms with E-state index >= 15 is 0 Å². The van der Waals surface area contributed by atoms with Crippen LogP contribution in [0.25, 0.3) is 0 Å². The molecule has 1 aromatic rings. The minimum Gasteiger partial charge on any atom is -0.482 e. The molecule has 0 saturated heterocycles. The topological polar surface area (TPSA) is 98.7 Å². The summed E-state index contributed by atoms with van der Waals surface area (Å²) in [7, 11) is 0. The molecule has 19 heavy (non-hydrogen) atoms. The molecule has 1 aromatic carbocycles. The number of hydrogen-bond donors (Lipinski definition) is 2. The van der Waals surface area contributed by atoms with Crippen LogP contribution in [0.3, 0.4) is 0 Å². The van der Waals surface area contributed by atoms with Crippen LogP contribution >= 0.6 is 0 Å². The molecule has 6 heteroatoms. The van der Waals surface area contributed by atoms with Crippen LogP contribution in [0, 0.1) is 0 Å². The van der Waals surface area contributed by atoms with Crippen molar-refractivity contribution in [3.05, 3.63) is 23.8 Å². The van der Waals surface area contributed by atoms with Crippen molar-refractivity contribution >= 4 is 17.5 Å². The number of nitrogens with two attached hydrogens (primary N) is 2. The fourth-order valence-electron chi connectivity index (χ4n) is 1.84. The molecule has 102 valence electrons. The van der Waals surface area contributed by atoms with Gasteiger partial charge in [-0.1, -0.05) is 6.07 Å². The molecule has 1 heterocycles. The molecule has 0 saturated carbocycles. The van der Waals surface area contributed by atoms with Gasteiger partial charge in [-0.15, -0.1) is 0 Å². The normalized spacial score (nSPS) is 14.9. The first kappa shape index (κ1) is 13.5. The van der Waals surface area contributed by atoms with Gasteiger partial charge in [-0.3, -0.25) is 9.59 Å². The van der Waals surface area contributed by atoms with Crippen LogP contribution in [0.5, 0.6) is 5.75 Å². The second-order valence-electron chi connectivity index (χ2n) is 5.05. The van der Waals surface area contributed by atoms with Gasteiger partial charge in [-0.2, -0.15) is 0 Å². The van der Waals surface area contributed by atoms with Crippen LogP contribution in [0.1, 0.15) is 19.4 Å². The third kappa shape index (κ3) is 2.45. The highest BCUT2D eigenvalue weighted by Crippen LogP contribution is 2.34. The lowest BCUT2D eigenvalue weighted by Gasteiger charge is -2.32. The number of hydrogen-bond acceptors (Lipinski definition) is 5. The van der Waals surface area contributed by atoms with Crippen molar-refractivity contribution in [1.82, 2.24) is 0 Å². The van der Waals surface area contributed by atoms with Crippen molar-refractivity contribution < 1.29 is 14.3 Å². The number of nitrogens with zero attached hydrogens (tertiary/aromatic N) is 1. The predicted octanol–water partition coefficient (Wildman–Crippen LogP) is 0.135. The molecule has 0 spiro atoms. The van der Waals surface area contributed by atoms with Gasteiger partial charge in [0.2, 0.25) is 0 Å². The third-order valence-electron chi connectivity index (χ3n) is 2.85. The number of carbonyl (C=O) groups is 2. The Labute approximate surface area is 111 Å². The molecule has 0 aliphatic carbocycles. The number of amides is 2. The lowest BCUT2D eigenvalue weighted by molar-refractivity contribution is -0.130. The van der Waals surface area contributed by atoms with E-state index in [4.69, 9.17) is 16.2 Å². The number of benzene rings is 1. The maximum atomic E-state index is 12.3. The van der Waals surface area contributed by atoms with Crippen LogP contribution < -0.4 is 21.1 Å². The van der Waals surface area contributed by atoms with Crippen LogP contribution in [-0.2, 0) is 16.1 Å². The Morgan fingerprint density at radius 2 is 2.16 bits per heavy atom. The summed E-state index contributed by atoms with van der Waals surface area (Å²) in [5.74, 6) is -0.407. The Bertz CT molecular complexity index is 534. The monoisotopic (exact) mass is 263 g/mol. The number of imide groups is 1. The fourth-order valence-corrected chi connectivity index (χ4v) is 1.84. The quantitative estimate of drug-likeness (QED) is 0.790. The van der Waals surface area contributed by atoms with Crippen molar-refractivity contribution in [3.63, 3.8) is 0 Å². The Morgan fingerprint density at radius 3 is 2.74 bits per heavy atom. The molecule has 0 atom stereocenters. The molecule has 1 aliphatic heterocycles. The van der Waals surface area contributed by atoms with Crippen molar-refractivity contribution in [2.45, 2.75) is 25.9 Å². The number of rotatable bonds is 2. The van der Waals surface area contributed by atoms with Crippen LogP contribution in [-0.4, -0.2) is 24.0 Å². The molecule has 4 N–H and O–H groups in total. The first-order valence-corrected chi connectivity index (χ1v) is 5.96. The van der Waals surface area contributed by atoms with E-state index in [-0.39, 0.29) is 6.61 Å². The number of anilines is 1. The molecular weight excluding hydrogens is 246 g/mol. The number of fused-ring (bicyclic) bond motifs is 1. The summed E-state index contributed by atoms with van der Waals surface area (Å²) in [5.41, 5.74) is 11.4. The molecule has 0 bridgehead atoms. The molecule has 1 aliphatic rings. The van der Waals surface area contributed by atoms with Gasteiger partial charge in [0.05, 0.1) is 11.2 Å². The minimum atomic E-state index is -1.14. The van der Waals surface area contributed by atoms with Crippen molar-refractivity contribution in [1.29, 1.82) is 0 Å². The summed E-state index contributed by atoms with van der Waals surface area (Å²) in [6.45, 7) is 3.27. The smallest absolute Gasteiger partial charge is 0.271 e. The van der Waals surface area contributed by atoms with E-state index in [0.29, 0.717) is 18.0 Å². The first-order chi connectivity index (χ1) is 8.84. The van der Waals surface area contributed by atoms with Crippen molar-refractivity contribution in [3.8, 4) is 5.75 Å². The van der Waals surface area contributed by atoms with Gasteiger partial charge in [-0.05, 0) is 31.5 Å². The van der Waals surface area contributed by atoms with Crippen molar-refractivity contribution in [2.24, 2.45) is 11.5 Å². The summed E-state index contributed by atoms with van der Waals surface area (Å²) in [6.07, 6.45) is 0. The summed E-state index contributed by atoms with van der Waals surface area (Å²) >= 11 is 0. The van der Waals surface area contributed by atoms with Gasteiger partial charge in [-0.25, -0.2) is 4.90 Å². The second kappa shape index (κ2) is 4.64. The molecule has 0 aromatic heterocycles. The first-order valence-electron chi connectivity index (χ1n) is 5.96. The standard InChI is InChI=1S/C13H17N3O3/c1-13(2,15)12(18)16-9-5-8(6-14)3-4-10(9)19-7-11(16)17/h3-5H,6-7,14-15H2,1-2H3. The molecule has 2 rings (SSSR count).